The van der Waals surface area contributed by atoms with E-state index in [-0.39, 0.29) is 40.9 Å². The van der Waals surface area contributed by atoms with E-state index in [1.165, 1.54) is 28.0 Å². The fraction of sp³-hybridized carbons (Fsp3) is 0.222. The predicted octanol–water partition coefficient (Wildman–Crippen LogP) is -3.21. The number of nitrogen functional groups attached to an aromatic ring is 1. The van der Waals surface area contributed by atoms with Crippen molar-refractivity contribution in [3.05, 3.63) is 47.0 Å². The first kappa shape index (κ1) is 21.8. The van der Waals surface area contributed by atoms with Gasteiger partial charge >= 0.3 is 29.6 Å². The summed E-state index contributed by atoms with van der Waals surface area (Å²) in [6, 6.07) is 7.52. The van der Waals surface area contributed by atoms with E-state index in [1.54, 1.807) is 11.5 Å². The Hall–Kier alpha value is -1.85. The van der Waals surface area contributed by atoms with E-state index in [0.29, 0.717) is 10.8 Å². The zero-order chi connectivity index (χ0) is 19.8. The Labute approximate surface area is 196 Å². The van der Waals surface area contributed by atoms with Gasteiger partial charge in [-0.3, -0.25) is 9.59 Å². The third kappa shape index (κ3) is 4.22. The molecule has 3 N–H and O–H groups in total. The number of hydrogen-bond acceptors (Lipinski definition) is 8. The Morgan fingerprint density at radius 1 is 1.31 bits per heavy atom. The molecule has 0 saturated carbocycles. The third-order valence-corrected chi connectivity index (χ3v) is 6.58. The molecule has 1 aromatic heterocycles. The van der Waals surface area contributed by atoms with Gasteiger partial charge in [0.25, 0.3) is 5.91 Å². The van der Waals surface area contributed by atoms with Crippen molar-refractivity contribution in [3.8, 4) is 0 Å². The summed E-state index contributed by atoms with van der Waals surface area (Å²) in [5.41, 5.74) is 7.20. The molecule has 3 unspecified atom stereocenters. The number of amides is 2. The second kappa shape index (κ2) is 8.88. The van der Waals surface area contributed by atoms with Gasteiger partial charge < -0.3 is 25.9 Å². The molecular formula is C18H15N4NaO4S2. The van der Waals surface area contributed by atoms with E-state index < -0.39 is 35.2 Å². The number of carboxylic acid groups (broad SMARTS) is 1. The first-order chi connectivity index (χ1) is 13.5. The Kier molecular flexibility index (Phi) is 6.69. The number of carbonyl (C=O) groups is 3. The first-order valence-electron chi connectivity index (χ1n) is 8.39. The van der Waals surface area contributed by atoms with Crippen LogP contribution >= 0.6 is 23.1 Å². The molecule has 2 amide bonds. The molecule has 144 valence electrons. The van der Waals surface area contributed by atoms with Crippen LogP contribution in [0, 0.1) is 0 Å². The summed E-state index contributed by atoms with van der Waals surface area (Å²) in [6.45, 7) is 0. The number of aliphatic carboxylic acids is 1. The smallest absolute Gasteiger partial charge is 0.548 e. The van der Waals surface area contributed by atoms with Gasteiger partial charge in [0.05, 0.1) is 23.3 Å². The first-order valence-corrected chi connectivity index (χ1v) is 10.3. The van der Waals surface area contributed by atoms with Gasteiger partial charge in [0.1, 0.15) is 11.4 Å². The Morgan fingerprint density at radius 2 is 2.03 bits per heavy atom. The Balaban J connectivity index is 0.00000240. The molecule has 1 aromatic carbocycles. The minimum atomic E-state index is -1.28. The summed E-state index contributed by atoms with van der Waals surface area (Å²) in [7, 11) is 0. The summed E-state index contributed by atoms with van der Waals surface area (Å²) in [5, 5.41) is 15.4. The van der Waals surface area contributed by atoms with Crippen molar-refractivity contribution in [1.82, 2.24) is 15.2 Å². The molecule has 4 rings (SSSR count). The number of nitrogens with one attached hydrogen (secondary N) is 1. The van der Waals surface area contributed by atoms with Crippen molar-refractivity contribution in [1.29, 1.82) is 0 Å². The molecule has 11 heteroatoms. The number of nitrogens with zero attached hydrogens (tertiary/aromatic N) is 2. The van der Waals surface area contributed by atoms with E-state index in [9.17, 15) is 19.5 Å². The van der Waals surface area contributed by atoms with Crippen LogP contribution in [0.2, 0.25) is 0 Å². The molecule has 0 aliphatic carbocycles. The van der Waals surface area contributed by atoms with Crippen LogP contribution < -0.4 is 45.7 Å². The fourth-order valence-corrected chi connectivity index (χ4v) is 5.21. The molecule has 29 heavy (non-hydrogen) atoms. The number of rotatable bonds is 5. The van der Waals surface area contributed by atoms with Gasteiger partial charge in [0, 0.05) is 11.1 Å². The summed E-state index contributed by atoms with van der Waals surface area (Å²) in [4.78, 5) is 41.9. The normalized spacial score (nSPS) is 23.0. The second-order valence-corrected chi connectivity index (χ2v) is 8.33. The van der Waals surface area contributed by atoms with Crippen LogP contribution in [-0.4, -0.2) is 50.9 Å². The molecule has 0 radical (unpaired) electrons. The van der Waals surface area contributed by atoms with Crippen molar-refractivity contribution in [2.45, 2.75) is 17.5 Å². The average Bonchev–Trinajstić information content (AvgIpc) is 3.29. The summed E-state index contributed by atoms with van der Waals surface area (Å²) < 4.78 is 0. The maximum absolute atomic E-state index is 12.9. The number of hydrogen-bond donors (Lipinski definition) is 2. The maximum atomic E-state index is 12.9. The van der Waals surface area contributed by atoms with Crippen LogP contribution in [0.25, 0.3) is 11.6 Å². The average molecular weight is 438 g/mol. The summed E-state index contributed by atoms with van der Waals surface area (Å²) in [6.07, 6.45) is 1.68. The van der Waals surface area contributed by atoms with Gasteiger partial charge in [-0.1, -0.05) is 30.3 Å². The van der Waals surface area contributed by atoms with Crippen molar-refractivity contribution in [2.75, 3.05) is 11.5 Å². The molecule has 2 fully saturated rings. The minimum absolute atomic E-state index is 0. The van der Waals surface area contributed by atoms with Crippen molar-refractivity contribution in [3.63, 3.8) is 0 Å². The minimum Gasteiger partial charge on any atom is -0.548 e. The molecule has 2 saturated heterocycles. The van der Waals surface area contributed by atoms with Gasteiger partial charge in [-0.2, -0.15) is 0 Å². The van der Waals surface area contributed by atoms with Crippen LogP contribution in [-0.2, 0) is 14.4 Å². The SMILES string of the molecule is Nc1nc(/C(=C/c2ccccc2)C(=O)NC2C(=O)N3C(C(=O)[O-])CSC23)cs1.[Na+]. The molecule has 3 atom stereocenters. The summed E-state index contributed by atoms with van der Waals surface area (Å²) in [5.74, 6) is -1.92. The van der Waals surface area contributed by atoms with E-state index in [2.05, 4.69) is 10.3 Å². The van der Waals surface area contributed by atoms with E-state index >= 15 is 0 Å². The number of thioether (sulfide) groups is 1. The molecule has 2 aliphatic heterocycles. The van der Waals surface area contributed by atoms with Crippen molar-refractivity contribution < 1.29 is 49.0 Å². The molecule has 0 bridgehead atoms. The molecule has 3 heterocycles. The van der Waals surface area contributed by atoms with Crippen LogP contribution in [0.1, 0.15) is 11.3 Å². The van der Waals surface area contributed by atoms with E-state index in [4.69, 9.17) is 5.73 Å². The molecular weight excluding hydrogens is 423 g/mol. The quantitative estimate of drug-likeness (QED) is 0.286. The van der Waals surface area contributed by atoms with Crippen LogP contribution in [0.15, 0.2) is 35.7 Å². The molecule has 2 aliphatic rings. The van der Waals surface area contributed by atoms with Gasteiger partial charge in [0.15, 0.2) is 5.13 Å². The monoisotopic (exact) mass is 438 g/mol. The van der Waals surface area contributed by atoms with Crippen LogP contribution in [0.4, 0.5) is 5.13 Å². The zero-order valence-electron chi connectivity index (χ0n) is 15.4. The maximum Gasteiger partial charge on any atom is 1.00 e. The van der Waals surface area contributed by atoms with Crippen LogP contribution in [0.3, 0.4) is 0 Å². The zero-order valence-corrected chi connectivity index (χ0v) is 19.0. The number of aromatic nitrogens is 1. The van der Waals surface area contributed by atoms with Gasteiger partial charge in [0.2, 0.25) is 5.91 Å². The molecule has 2 aromatic rings. The number of benzene rings is 1. The second-order valence-electron chi connectivity index (χ2n) is 6.30. The number of thiazole rings is 1. The standard InChI is InChI=1S/C18H16N4O4S2.Na/c19-18-20-11(7-28-18)10(6-9-4-2-1-3-5-9)14(23)21-13-15(24)22-12(17(25)26)8-27-16(13)22;/h1-7,12-13,16H,8H2,(H2,19,20)(H,21,23)(H,25,26);/q;+1/p-1/b10-6-;. The Bertz CT molecular complexity index is 981. The predicted molar refractivity (Wildman–Crippen MR) is 105 cm³/mol. The van der Waals surface area contributed by atoms with Crippen molar-refractivity contribution >= 4 is 57.7 Å². The third-order valence-electron chi connectivity index (χ3n) is 4.55. The number of anilines is 1. The number of nitrogens with two attached hydrogens (primary N) is 1. The van der Waals surface area contributed by atoms with Crippen molar-refractivity contribution in [2.24, 2.45) is 0 Å². The number of carbonyl (C=O) groups excluding carboxylic acids is 3. The fourth-order valence-electron chi connectivity index (χ4n) is 3.18. The van der Waals surface area contributed by atoms with Gasteiger partial charge in [-0.15, -0.1) is 23.1 Å². The van der Waals surface area contributed by atoms with E-state index in [1.807, 2.05) is 30.3 Å². The topological polar surface area (TPSA) is 128 Å². The largest absolute Gasteiger partial charge is 1.00 e. The number of carboxylic acids is 1. The van der Waals surface area contributed by atoms with Gasteiger partial charge in [-0.25, -0.2) is 4.98 Å². The van der Waals surface area contributed by atoms with E-state index in [0.717, 1.165) is 5.56 Å². The number of β-lactam (4-membered cyclic amide) rings is 1. The van der Waals surface area contributed by atoms with Crippen LogP contribution in [0.5, 0.6) is 0 Å². The molecule has 8 nitrogen and oxygen atoms in total. The Morgan fingerprint density at radius 3 is 2.66 bits per heavy atom. The van der Waals surface area contributed by atoms with Gasteiger partial charge in [-0.05, 0) is 11.6 Å². The molecule has 0 spiro atoms. The summed E-state index contributed by atoms with van der Waals surface area (Å²) >= 11 is 2.53. The number of fused-ring (bicyclic) bond motifs is 1.